The van der Waals surface area contributed by atoms with E-state index < -0.39 is 12.2 Å². The van der Waals surface area contributed by atoms with E-state index in [4.69, 9.17) is 10.5 Å². The van der Waals surface area contributed by atoms with Crippen molar-refractivity contribution in [1.82, 2.24) is 5.32 Å². The van der Waals surface area contributed by atoms with Gasteiger partial charge in [0.15, 0.2) is 0 Å². The SMILES string of the molecule is NC(=O)OCCCOc1cccc(CNC[C@H](O)[CH]Cc2ccccc2)c1. The Labute approximate surface area is 160 Å². The summed E-state index contributed by atoms with van der Waals surface area (Å²) in [4.78, 5) is 10.5. The first-order chi connectivity index (χ1) is 13.1. The van der Waals surface area contributed by atoms with Gasteiger partial charge in [-0.15, -0.1) is 0 Å². The molecule has 2 aromatic rings. The molecule has 0 saturated carbocycles. The van der Waals surface area contributed by atoms with E-state index in [1.807, 2.05) is 61.0 Å². The van der Waals surface area contributed by atoms with Crippen LogP contribution in [0, 0.1) is 6.42 Å². The van der Waals surface area contributed by atoms with E-state index in [2.05, 4.69) is 10.1 Å². The molecule has 1 radical (unpaired) electrons. The van der Waals surface area contributed by atoms with Gasteiger partial charge in [-0.3, -0.25) is 0 Å². The molecule has 4 N–H and O–H groups in total. The molecule has 1 atom stereocenters. The lowest BCUT2D eigenvalue weighted by Gasteiger charge is -2.12. The minimum absolute atomic E-state index is 0.244. The Bertz CT molecular complexity index is 679. The number of hydrogen-bond acceptors (Lipinski definition) is 5. The third kappa shape index (κ3) is 9.08. The number of primary amides is 1. The van der Waals surface area contributed by atoms with Crippen LogP contribution in [0.4, 0.5) is 4.79 Å². The van der Waals surface area contributed by atoms with Crippen LogP contribution in [0.3, 0.4) is 0 Å². The summed E-state index contributed by atoms with van der Waals surface area (Å²) < 4.78 is 10.3. The number of nitrogens with one attached hydrogen (secondary N) is 1. The van der Waals surface area contributed by atoms with Crippen molar-refractivity contribution in [3.8, 4) is 5.75 Å². The van der Waals surface area contributed by atoms with Gasteiger partial charge in [0, 0.05) is 19.5 Å². The van der Waals surface area contributed by atoms with Crippen LogP contribution in [0.1, 0.15) is 17.5 Å². The molecule has 0 aliphatic carbocycles. The van der Waals surface area contributed by atoms with Gasteiger partial charge in [0.25, 0.3) is 0 Å². The summed E-state index contributed by atoms with van der Waals surface area (Å²) in [5, 5.41) is 13.3. The van der Waals surface area contributed by atoms with Gasteiger partial charge in [-0.1, -0.05) is 42.5 Å². The van der Waals surface area contributed by atoms with Gasteiger partial charge in [0.2, 0.25) is 0 Å². The Morgan fingerprint density at radius 1 is 1.11 bits per heavy atom. The minimum Gasteiger partial charge on any atom is -0.493 e. The number of rotatable bonds is 12. The molecule has 6 heteroatoms. The van der Waals surface area contributed by atoms with Crippen molar-refractivity contribution in [2.75, 3.05) is 19.8 Å². The highest BCUT2D eigenvalue weighted by molar-refractivity contribution is 5.64. The molecule has 0 heterocycles. The average molecular weight is 371 g/mol. The van der Waals surface area contributed by atoms with Crippen LogP contribution in [0.2, 0.25) is 0 Å². The fourth-order valence-electron chi connectivity index (χ4n) is 2.50. The third-order valence-electron chi connectivity index (χ3n) is 3.85. The molecule has 0 spiro atoms. The van der Waals surface area contributed by atoms with Crippen LogP contribution < -0.4 is 15.8 Å². The van der Waals surface area contributed by atoms with Gasteiger partial charge >= 0.3 is 6.09 Å². The minimum atomic E-state index is -0.772. The number of nitrogens with two attached hydrogens (primary N) is 1. The first-order valence-electron chi connectivity index (χ1n) is 9.03. The second-order valence-electron chi connectivity index (χ2n) is 6.14. The quantitative estimate of drug-likeness (QED) is 0.498. The average Bonchev–Trinajstić information content (AvgIpc) is 2.67. The number of benzene rings is 2. The van der Waals surface area contributed by atoms with Gasteiger partial charge in [-0.05, 0) is 36.1 Å². The van der Waals surface area contributed by atoms with E-state index in [-0.39, 0.29) is 6.61 Å². The van der Waals surface area contributed by atoms with Gasteiger partial charge in [-0.2, -0.15) is 0 Å². The molecule has 0 aliphatic heterocycles. The topological polar surface area (TPSA) is 93.8 Å². The summed E-state index contributed by atoms with van der Waals surface area (Å²) in [5.74, 6) is 0.754. The monoisotopic (exact) mass is 371 g/mol. The van der Waals surface area contributed by atoms with E-state index >= 15 is 0 Å². The summed E-state index contributed by atoms with van der Waals surface area (Å²) in [6.45, 7) is 1.81. The molecule has 0 bridgehead atoms. The van der Waals surface area contributed by atoms with Gasteiger partial charge in [0.1, 0.15) is 5.75 Å². The van der Waals surface area contributed by atoms with Crippen LogP contribution in [0.5, 0.6) is 5.75 Å². The Morgan fingerprint density at radius 2 is 1.89 bits per heavy atom. The highest BCUT2D eigenvalue weighted by Crippen LogP contribution is 2.13. The maximum Gasteiger partial charge on any atom is 0.404 e. The van der Waals surface area contributed by atoms with Crippen LogP contribution in [-0.4, -0.2) is 37.1 Å². The van der Waals surface area contributed by atoms with Crippen molar-refractivity contribution in [2.45, 2.75) is 25.5 Å². The van der Waals surface area contributed by atoms with Gasteiger partial charge in [0.05, 0.1) is 19.3 Å². The Morgan fingerprint density at radius 3 is 2.67 bits per heavy atom. The van der Waals surface area contributed by atoms with Gasteiger partial charge < -0.3 is 25.6 Å². The van der Waals surface area contributed by atoms with Crippen LogP contribution >= 0.6 is 0 Å². The summed E-state index contributed by atoms with van der Waals surface area (Å²) in [6, 6.07) is 17.8. The standard InChI is InChI=1S/C21H27N2O4/c22-21(25)27-13-5-12-26-20-9-4-8-18(14-20)15-23-16-19(24)11-10-17-6-2-1-3-7-17/h1-4,6-9,11,14,19,23-24H,5,10,12-13,15-16H2,(H2,22,25)/t19-/m1/s1. The Hall–Kier alpha value is -2.57. The first kappa shape index (κ1) is 20.7. The molecule has 145 valence electrons. The van der Waals surface area contributed by atoms with E-state index in [0.29, 0.717) is 26.1 Å². The molecule has 0 unspecified atom stereocenters. The van der Waals surface area contributed by atoms with Gasteiger partial charge in [-0.25, -0.2) is 4.79 Å². The van der Waals surface area contributed by atoms with E-state index in [1.165, 1.54) is 5.56 Å². The number of amides is 1. The lowest BCUT2D eigenvalue weighted by Crippen LogP contribution is -2.27. The normalized spacial score (nSPS) is 11.7. The molecule has 27 heavy (non-hydrogen) atoms. The van der Waals surface area contributed by atoms with Crippen LogP contribution in [-0.2, 0) is 17.7 Å². The number of aliphatic hydroxyl groups is 1. The van der Waals surface area contributed by atoms with Crippen molar-refractivity contribution in [2.24, 2.45) is 5.73 Å². The molecule has 0 aromatic heterocycles. The molecular formula is C21H27N2O4. The van der Waals surface area contributed by atoms with Crippen LogP contribution in [0.25, 0.3) is 0 Å². The van der Waals surface area contributed by atoms with Crippen molar-refractivity contribution in [1.29, 1.82) is 0 Å². The lowest BCUT2D eigenvalue weighted by atomic mass is 10.1. The zero-order valence-corrected chi connectivity index (χ0v) is 15.3. The first-order valence-corrected chi connectivity index (χ1v) is 9.03. The Kier molecular flexibility index (Phi) is 9.17. The van der Waals surface area contributed by atoms with Crippen molar-refractivity contribution in [3.05, 3.63) is 72.1 Å². The molecule has 2 rings (SSSR count). The number of aliphatic hydroxyl groups excluding tert-OH is 1. The van der Waals surface area contributed by atoms with E-state index in [1.54, 1.807) is 0 Å². The third-order valence-corrected chi connectivity index (χ3v) is 3.85. The van der Waals surface area contributed by atoms with Crippen LogP contribution in [0.15, 0.2) is 54.6 Å². The highest BCUT2D eigenvalue weighted by atomic mass is 16.5. The number of hydrogen-bond donors (Lipinski definition) is 3. The molecule has 6 nitrogen and oxygen atoms in total. The summed E-state index contributed by atoms with van der Waals surface area (Å²) in [6.07, 6.45) is 1.94. The predicted octanol–water partition coefficient (Wildman–Crippen LogP) is 2.45. The predicted molar refractivity (Wildman–Crippen MR) is 104 cm³/mol. The van der Waals surface area contributed by atoms with E-state index in [9.17, 15) is 9.90 Å². The molecule has 1 amide bonds. The van der Waals surface area contributed by atoms with Crippen molar-refractivity contribution < 1.29 is 19.4 Å². The smallest absolute Gasteiger partial charge is 0.404 e. The largest absolute Gasteiger partial charge is 0.493 e. The molecular weight excluding hydrogens is 344 g/mol. The van der Waals surface area contributed by atoms with E-state index in [0.717, 1.165) is 17.7 Å². The zero-order valence-electron chi connectivity index (χ0n) is 15.3. The number of carbonyl (C=O) groups is 1. The molecule has 0 fully saturated rings. The Balaban J connectivity index is 1.63. The maximum absolute atomic E-state index is 10.5. The fraction of sp³-hybridized carbons (Fsp3) is 0.333. The number of carbonyl (C=O) groups excluding carboxylic acids is 1. The molecule has 0 aliphatic rings. The summed E-state index contributed by atoms with van der Waals surface area (Å²) in [5.41, 5.74) is 7.14. The zero-order chi connectivity index (χ0) is 19.3. The lowest BCUT2D eigenvalue weighted by molar-refractivity contribution is 0.147. The van der Waals surface area contributed by atoms with Crippen molar-refractivity contribution >= 4 is 6.09 Å². The highest BCUT2D eigenvalue weighted by Gasteiger charge is 2.05. The summed E-state index contributed by atoms with van der Waals surface area (Å²) in [7, 11) is 0. The fourth-order valence-corrected chi connectivity index (χ4v) is 2.50. The molecule has 0 saturated heterocycles. The summed E-state index contributed by atoms with van der Waals surface area (Å²) >= 11 is 0. The second-order valence-corrected chi connectivity index (χ2v) is 6.14. The number of ether oxygens (including phenoxy) is 2. The second kappa shape index (κ2) is 11.9. The molecule has 2 aromatic carbocycles. The van der Waals surface area contributed by atoms with Crippen molar-refractivity contribution in [3.63, 3.8) is 0 Å². The maximum atomic E-state index is 10.5.